The topological polar surface area (TPSA) is 40.6 Å². The van der Waals surface area contributed by atoms with E-state index < -0.39 is 0 Å². The Labute approximate surface area is 160 Å². The third-order valence-corrected chi connectivity index (χ3v) is 6.53. The average Bonchev–Trinajstić information content (AvgIpc) is 2.66. The van der Waals surface area contributed by atoms with Gasteiger partial charge in [-0.3, -0.25) is 9.59 Å². The number of amides is 2. The number of nitrogens with zero attached hydrogens (tertiary/aromatic N) is 2. The average molecular weight is 373 g/mol. The summed E-state index contributed by atoms with van der Waals surface area (Å²) in [5.41, 5.74) is 1.27. The predicted molar refractivity (Wildman–Crippen MR) is 106 cm³/mol. The number of hydrogen-bond acceptors (Lipinski definition) is 3. The molecule has 2 aliphatic rings. The molecule has 0 aliphatic carbocycles. The van der Waals surface area contributed by atoms with Gasteiger partial charge < -0.3 is 9.80 Å². The number of carbonyl (C=O) groups excluding carboxylic acids is 2. The zero-order valence-corrected chi connectivity index (χ0v) is 16.4. The third-order valence-electron chi connectivity index (χ3n) is 5.79. The summed E-state index contributed by atoms with van der Waals surface area (Å²) in [6.45, 7) is 6.82. The second kappa shape index (κ2) is 8.30. The van der Waals surface area contributed by atoms with Crippen molar-refractivity contribution in [2.24, 2.45) is 5.41 Å². The van der Waals surface area contributed by atoms with Crippen LogP contribution < -0.4 is 0 Å². The van der Waals surface area contributed by atoms with E-state index in [-0.39, 0.29) is 17.2 Å². The number of hydrogen-bond donors (Lipinski definition) is 0. The number of rotatable bonds is 5. The maximum absolute atomic E-state index is 12.7. The van der Waals surface area contributed by atoms with Gasteiger partial charge in [0, 0.05) is 37.5 Å². The minimum atomic E-state index is 0.188. The molecule has 5 heteroatoms. The van der Waals surface area contributed by atoms with Crippen LogP contribution in [0, 0.1) is 5.41 Å². The van der Waals surface area contributed by atoms with Crippen LogP contribution in [0.25, 0.3) is 0 Å². The molecule has 1 aromatic carbocycles. The van der Waals surface area contributed by atoms with Gasteiger partial charge in [0.1, 0.15) is 0 Å². The zero-order chi connectivity index (χ0) is 18.6. The molecule has 140 valence electrons. The Morgan fingerprint density at radius 1 is 1.23 bits per heavy atom. The SMILES string of the molecule is C=CCN1CC2(CCC1=O)CCN(C(=O)Cc1ccc(SC)cc1)CC2. The van der Waals surface area contributed by atoms with Crippen molar-refractivity contribution in [3.8, 4) is 0 Å². The minimum Gasteiger partial charge on any atom is -0.342 e. The first kappa shape index (κ1) is 19.0. The van der Waals surface area contributed by atoms with Gasteiger partial charge >= 0.3 is 0 Å². The lowest BCUT2D eigenvalue weighted by Gasteiger charge is -2.47. The van der Waals surface area contributed by atoms with Crippen LogP contribution in [0.2, 0.25) is 0 Å². The highest BCUT2D eigenvalue weighted by Crippen LogP contribution is 2.40. The largest absolute Gasteiger partial charge is 0.342 e. The van der Waals surface area contributed by atoms with E-state index in [1.807, 2.05) is 9.80 Å². The lowest BCUT2D eigenvalue weighted by atomic mass is 9.72. The first-order valence-electron chi connectivity index (χ1n) is 9.35. The Morgan fingerprint density at radius 2 is 1.92 bits per heavy atom. The van der Waals surface area contributed by atoms with Gasteiger partial charge in [-0.05, 0) is 48.6 Å². The summed E-state index contributed by atoms with van der Waals surface area (Å²) < 4.78 is 0. The summed E-state index contributed by atoms with van der Waals surface area (Å²) in [5, 5.41) is 0. The Balaban J connectivity index is 1.54. The summed E-state index contributed by atoms with van der Waals surface area (Å²) in [7, 11) is 0. The maximum atomic E-state index is 12.7. The van der Waals surface area contributed by atoms with Crippen LogP contribution in [-0.2, 0) is 16.0 Å². The molecule has 0 N–H and O–H groups in total. The van der Waals surface area contributed by atoms with Crippen LogP contribution in [0.15, 0.2) is 41.8 Å². The molecule has 4 nitrogen and oxygen atoms in total. The summed E-state index contributed by atoms with van der Waals surface area (Å²) in [6, 6.07) is 8.25. The molecular weight excluding hydrogens is 344 g/mol. The fourth-order valence-corrected chi connectivity index (χ4v) is 4.50. The Kier molecular flexibility index (Phi) is 6.07. The molecule has 1 spiro atoms. The standard InChI is InChI=1S/C21H28N2O2S/c1-3-12-23-16-21(9-8-19(23)24)10-13-22(14-11-21)20(25)15-17-4-6-18(26-2)7-5-17/h3-7H,1,8-16H2,2H3. The van der Waals surface area contributed by atoms with E-state index in [0.717, 1.165) is 44.5 Å². The van der Waals surface area contributed by atoms with Gasteiger partial charge in [0.15, 0.2) is 0 Å². The van der Waals surface area contributed by atoms with Crippen LogP contribution in [0.1, 0.15) is 31.2 Å². The number of piperidine rings is 2. The molecule has 0 bridgehead atoms. The van der Waals surface area contributed by atoms with Crippen LogP contribution >= 0.6 is 11.8 Å². The van der Waals surface area contributed by atoms with Crippen molar-refractivity contribution in [1.82, 2.24) is 9.80 Å². The molecule has 3 rings (SSSR count). The first-order chi connectivity index (χ1) is 12.5. The van der Waals surface area contributed by atoms with Gasteiger partial charge in [0.2, 0.25) is 11.8 Å². The molecule has 2 fully saturated rings. The second-order valence-corrected chi connectivity index (χ2v) is 8.35. The van der Waals surface area contributed by atoms with E-state index in [1.165, 1.54) is 4.90 Å². The van der Waals surface area contributed by atoms with Gasteiger partial charge in [-0.1, -0.05) is 18.2 Å². The zero-order valence-electron chi connectivity index (χ0n) is 15.6. The van der Waals surface area contributed by atoms with Crippen molar-refractivity contribution in [2.45, 2.75) is 37.0 Å². The number of thioether (sulfide) groups is 1. The quantitative estimate of drug-likeness (QED) is 0.588. The van der Waals surface area contributed by atoms with Gasteiger partial charge in [0.05, 0.1) is 6.42 Å². The van der Waals surface area contributed by atoms with Crippen LogP contribution in [0.4, 0.5) is 0 Å². The van der Waals surface area contributed by atoms with Crippen molar-refractivity contribution in [3.63, 3.8) is 0 Å². The molecule has 2 aliphatic heterocycles. The molecule has 0 unspecified atom stereocenters. The summed E-state index contributed by atoms with van der Waals surface area (Å²) >= 11 is 1.71. The highest BCUT2D eigenvalue weighted by Gasteiger charge is 2.41. The van der Waals surface area contributed by atoms with E-state index in [2.05, 4.69) is 37.1 Å². The van der Waals surface area contributed by atoms with Crippen molar-refractivity contribution >= 4 is 23.6 Å². The molecule has 0 atom stereocenters. The van der Waals surface area contributed by atoms with E-state index in [4.69, 9.17) is 0 Å². The maximum Gasteiger partial charge on any atom is 0.226 e. The smallest absolute Gasteiger partial charge is 0.226 e. The van der Waals surface area contributed by atoms with Crippen LogP contribution in [0.5, 0.6) is 0 Å². The Bertz CT molecular complexity index is 663. The van der Waals surface area contributed by atoms with Crippen LogP contribution in [-0.4, -0.2) is 54.0 Å². The molecule has 26 heavy (non-hydrogen) atoms. The summed E-state index contributed by atoms with van der Waals surface area (Å²) in [6.07, 6.45) is 7.90. The summed E-state index contributed by atoms with van der Waals surface area (Å²) in [4.78, 5) is 29.9. The van der Waals surface area contributed by atoms with E-state index >= 15 is 0 Å². The lowest BCUT2D eigenvalue weighted by molar-refractivity contribution is -0.141. The molecule has 0 aromatic heterocycles. The first-order valence-corrected chi connectivity index (χ1v) is 10.6. The predicted octanol–water partition coefficient (Wildman–Crippen LogP) is 3.37. The van der Waals surface area contributed by atoms with Crippen molar-refractivity contribution in [3.05, 3.63) is 42.5 Å². The Morgan fingerprint density at radius 3 is 2.54 bits per heavy atom. The van der Waals surface area contributed by atoms with Gasteiger partial charge in [-0.15, -0.1) is 18.3 Å². The molecular formula is C21H28N2O2S. The van der Waals surface area contributed by atoms with E-state index in [1.54, 1.807) is 17.8 Å². The third kappa shape index (κ3) is 4.32. The molecule has 2 saturated heterocycles. The summed E-state index contributed by atoms with van der Waals surface area (Å²) in [5.74, 6) is 0.453. The molecule has 1 aromatic rings. The molecule has 0 radical (unpaired) electrons. The molecule has 0 saturated carbocycles. The fourth-order valence-electron chi connectivity index (χ4n) is 4.09. The highest BCUT2D eigenvalue weighted by molar-refractivity contribution is 7.98. The van der Waals surface area contributed by atoms with Gasteiger partial charge in [0.25, 0.3) is 0 Å². The van der Waals surface area contributed by atoms with E-state index in [9.17, 15) is 9.59 Å². The van der Waals surface area contributed by atoms with Crippen molar-refractivity contribution < 1.29 is 9.59 Å². The highest BCUT2D eigenvalue weighted by atomic mass is 32.2. The van der Waals surface area contributed by atoms with Gasteiger partial charge in [-0.25, -0.2) is 0 Å². The number of likely N-dealkylation sites (tertiary alicyclic amines) is 2. The normalized spacial score (nSPS) is 19.7. The molecule has 2 amide bonds. The molecule has 2 heterocycles. The monoisotopic (exact) mass is 372 g/mol. The minimum absolute atomic E-state index is 0.188. The second-order valence-electron chi connectivity index (χ2n) is 7.47. The Hall–Kier alpha value is -1.75. The fraction of sp³-hybridized carbons (Fsp3) is 0.524. The van der Waals surface area contributed by atoms with Crippen LogP contribution in [0.3, 0.4) is 0 Å². The van der Waals surface area contributed by atoms with Crippen molar-refractivity contribution in [1.29, 1.82) is 0 Å². The lowest BCUT2D eigenvalue weighted by Crippen LogP contribution is -2.52. The van der Waals surface area contributed by atoms with Gasteiger partial charge in [-0.2, -0.15) is 0 Å². The number of carbonyl (C=O) groups is 2. The number of benzene rings is 1. The van der Waals surface area contributed by atoms with Crippen molar-refractivity contribution in [2.75, 3.05) is 32.4 Å². The van der Waals surface area contributed by atoms with E-state index in [0.29, 0.717) is 19.4 Å².